The van der Waals surface area contributed by atoms with Crippen LogP contribution in [0.25, 0.3) is 0 Å². The van der Waals surface area contributed by atoms with Crippen molar-refractivity contribution in [3.05, 3.63) is 54.3 Å². The minimum atomic E-state index is -3.90. The molecule has 0 aliphatic heterocycles. The molecule has 0 bridgehead atoms. The zero-order valence-corrected chi connectivity index (χ0v) is 14.4. The van der Waals surface area contributed by atoms with Crippen LogP contribution in [-0.2, 0) is 24.9 Å². The van der Waals surface area contributed by atoms with Crippen LogP contribution >= 0.6 is 0 Å². The average Bonchev–Trinajstić information content (AvgIpc) is 2.54. The molecule has 0 saturated heterocycles. The van der Waals surface area contributed by atoms with Crippen LogP contribution in [0.15, 0.2) is 58.3 Å². The summed E-state index contributed by atoms with van der Waals surface area (Å²) >= 11 is 0. The topological polar surface area (TPSA) is 92.8 Å². The Bertz CT molecular complexity index is 911. The van der Waals surface area contributed by atoms with E-state index in [0.717, 1.165) is 24.3 Å². The van der Waals surface area contributed by atoms with Gasteiger partial charge in [-0.25, -0.2) is 21.2 Å². The second-order valence-corrected chi connectivity index (χ2v) is 8.30. The van der Waals surface area contributed by atoms with Crippen LogP contribution in [0, 0.1) is 5.82 Å². The van der Waals surface area contributed by atoms with Crippen LogP contribution < -0.4 is 4.72 Å². The third-order valence-electron chi connectivity index (χ3n) is 3.12. The van der Waals surface area contributed by atoms with Gasteiger partial charge in [-0.3, -0.25) is 9.56 Å². The lowest BCUT2D eigenvalue weighted by Crippen LogP contribution is -2.25. The number of sulfonamides is 2. The Kier molecular flexibility index (Phi) is 5.23. The maximum Gasteiger partial charge on any atom is 0.264 e. The molecule has 0 aliphatic rings. The summed E-state index contributed by atoms with van der Waals surface area (Å²) in [5, 5.41) is 0. The van der Waals surface area contributed by atoms with E-state index in [2.05, 4.69) is 9.56 Å². The van der Waals surface area contributed by atoms with E-state index in [1.54, 1.807) is 0 Å². The van der Waals surface area contributed by atoms with Crippen molar-refractivity contribution in [2.75, 3.05) is 18.9 Å². The Hall–Kier alpha value is -2.01. The van der Waals surface area contributed by atoms with E-state index in [1.807, 2.05) is 0 Å². The number of nitrogens with one attached hydrogen (secondary N) is 1. The number of anilines is 1. The first-order valence-electron chi connectivity index (χ1n) is 6.58. The quantitative estimate of drug-likeness (QED) is 0.779. The summed E-state index contributed by atoms with van der Waals surface area (Å²) in [7, 11) is -5.27. The van der Waals surface area contributed by atoms with Gasteiger partial charge in [-0.05, 0) is 48.5 Å². The monoisotopic (exact) mass is 374 g/mol. The number of rotatable bonds is 6. The summed E-state index contributed by atoms with van der Waals surface area (Å²) in [6, 6.07) is 9.42. The van der Waals surface area contributed by atoms with Gasteiger partial charge in [0.2, 0.25) is 0 Å². The molecule has 0 amide bonds. The molecule has 24 heavy (non-hydrogen) atoms. The standard InChI is InChI=1S/C14H15FN2O5S2/c1-17(22-2)24(20,21)14-9-5-12(6-10-14)16-23(18,19)13-7-3-11(15)4-8-13/h3-10,16H,1-2H3. The number of benzene rings is 2. The van der Waals surface area contributed by atoms with Crippen molar-refractivity contribution in [1.29, 1.82) is 0 Å². The van der Waals surface area contributed by atoms with Gasteiger partial charge in [0.05, 0.1) is 16.9 Å². The van der Waals surface area contributed by atoms with Crippen molar-refractivity contribution in [3.63, 3.8) is 0 Å². The van der Waals surface area contributed by atoms with Gasteiger partial charge in [-0.15, -0.1) is 0 Å². The van der Waals surface area contributed by atoms with Crippen LogP contribution in [0.1, 0.15) is 0 Å². The molecule has 0 fully saturated rings. The fraction of sp³-hybridized carbons (Fsp3) is 0.143. The first-order valence-corrected chi connectivity index (χ1v) is 9.50. The zero-order valence-electron chi connectivity index (χ0n) is 12.8. The van der Waals surface area contributed by atoms with Crippen LogP contribution in [0.4, 0.5) is 10.1 Å². The van der Waals surface area contributed by atoms with Crippen molar-refractivity contribution in [1.82, 2.24) is 4.47 Å². The number of hydrogen-bond donors (Lipinski definition) is 1. The normalized spacial score (nSPS) is 12.3. The fourth-order valence-corrected chi connectivity index (χ4v) is 3.80. The Morgan fingerprint density at radius 3 is 1.92 bits per heavy atom. The highest BCUT2D eigenvalue weighted by molar-refractivity contribution is 7.92. The lowest BCUT2D eigenvalue weighted by Gasteiger charge is -2.14. The van der Waals surface area contributed by atoms with Gasteiger partial charge < -0.3 is 0 Å². The molecular weight excluding hydrogens is 359 g/mol. The molecule has 2 aromatic rings. The highest BCUT2D eigenvalue weighted by Gasteiger charge is 2.21. The van der Waals surface area contributed by atoms with Crippen LogP contribution in [0.2, 0.25) is 0 Å². The molecule has 0 aliphatic carbocycles. The van der Waals surface area contributed by atoms with Crippen molar-refractivity contribution in [3.8, 4) is 0 Å². The highest BCUT2D eigenvalue weighted by atomic mass is 32.2. The molecule has 0 heterocycles. The van der Waals surface area contributed by atoms with Gasteiger partial charge in [-0.1, -0.05) is 4.47 Å². The number of hydrogen-bond acceptors (Lipinski definition) is 5. The van der Waals surface area contributed by atoms with Gasteiger partial charge in [0.25, 0.3) is 20.0 Å². The molecule has 0 unspecified atom stereocenters. The molecule has 10 heteroatoms. The van der Waals surface area contributed by atoms with Gasteiger partial charge >= 0.3 is 0 Å². The number of halogens is 1. The van der Waals surface area contributed by atoms with E-state index < -0.39 is 25.9 Å². The van der Waals surface area contributed by atoms with E-state index in [-0.39, 0.29) is 15.5 Å². The third kappa shape index (κ3) is 3.90. The minimum Gasteiger partial charge on any atom is -0.288 e. The molecule has 0 radical (unpaired) electrons. The van der Waals surface area contributed by atoms with E-state index >= 15 is 0 Å². The van der Waals surface area contributed by atoms with Crippen LogP contribution in [0.3, 0.4) is 0 Å². The molecule has 0 saturated carbocycles. The SMILES string of the molecule is CON(C)S(=O)(=O)c1ccc(NS(=O)(=O)c2ccc(F)cc2)cc1. The second kappa shape index (κ2) is 6.85. The molecule has 1 N–H and O–H groups in total. The lowest BCUT2D eigenvalue weighted by atomic mass is 10.3. The zero-order chi connectivity index (χ0) is 18.0. The average molecular weight is 374 g/mol. The fourth-order valence-electron chi connectivity index (χ4n) is 1.77. The molecule has 130 valence electrons. The molecule has 0 atom stereocenters. The third-order valence-corrected chi connectivity index (χ3v) is 6.22. The molecule has 0 spiro atoms. The Morgan fingerprint density at radius 2 is 1.42 bits per heavy atom. The first-order chi connectivity index (χ1) is 11.2. The van der Waals surface area contributed by atoms with Crippen molar-refractivity contribution in [2.45, 2.75) is 9.79 Å². The van der Waals surface area contributed by atoms with Crippen molar-refractivity contribution >= 4 is 25.7 Å². The molecule has 0 aromatic heterocycles. The predicted octanol–water partition coefficient (Wildman–Crippen LogP) is 1.81. The summed E-state index contributed by atoms with van der Waals surface area (Å²) in [6.45, 7) is 0. The van der Waals surface area contributed by atoms with Crippen LogP contribution in [0.5, 0.6) is 0 Å². The van der Waals surface area contributed by atoms with Gasteiger partial charge in [0, 0.05) is 12.7 Å². The summed E-state index contributed by atoms with van der Waals surface area (Å²) in [5.41, 5.74) is 0.165. The van der Waals surface area contributed by atoms with E-state index in [1.165, 1.54) is 38.4 Å². The smallest absolute Gasteiger partial charge is 0.264 e. The maximum absolute atomic E-state index is 12.9. The van der Waals surface area contributed by atoms with Crippen LogP contribution in [-0.4, -0.2) is 35.5 Å². The second-order valence-electron chi connectivity index (χ2n) is 4.68. The Morgan fingerprint density at radius 1 is 0.917 bits per heavy atom. The van der Waals surface area contributed by atoms with Crippen molar-refractivity contribution in [2.24, 2.45) is 0 Å². The summed E-state index contributed by atoms with van der Waals surface area (Å²) in [5.74, 6) is -0.550. The van der Waals surface area contributed by atoms with Gasteiger partial charge in [-0.2, -0.15) is 0 Å². The molecule has 2 aromatic carbocycles. The summed E-state index contributed by atoms with van der Waals surface area (Å²) in [4.78, 5) is 4.48. The molecule has 7 nitrogen and oxygen atoms in total. The van der Waals surface area contributed by atoms with Gasteiger partial charge in [0.1, 0.15) is 5.82 Å². The van der Waals surface area contributed by atoms with E-state index in [4.69, 9.17) is 0 Å². The predicted molar refractivity (Wildman–Crippen MR) is 85.6 cm³/mol. The van der Waals surface area contributed by atoms with E-state index in [9.17, 15) is 21.2 Å². The largest absolute Gasteiger partial charge is 0.288 e. The highest BCUT2D eigenvalue weighted by Crippen LogP contribution is 2.20. The lowest BCUT2D eigenvalue weighted by molar-refractivity contribution is -0.0258. The maximum atomic E-state index is 12.9. The Labute approximate surface area is 139 Å². The molecule has 2 rings (SSSR count). The van der Waals surface area contributed by atoms with Crippen molar-refractivity contribution < 1.29 is 26.1 Å². The first kappa shape index (κ1) is 18.3. The van der Waals surface area contributed by atoms with Gasteiger partial charge in [0.15, 0.2) is 0 Å². The minimum absolute atomic E-state index is 0.0587. The number of hydroxylamine groups is 1. The summed E-state index contributed by atoms with van der Waals surface area (Å²) < 4.78 is 64.3. The molecular formula is C14H15FN2O5S2. The number of nitrogens with zero attached hydrogens (tertiary/aromatic N) is 1. The summed E-state index contributed by atoms with van der Waals surface area (Å²) in [6.07, 6.45) is 0. The Balaban J connectivity index is 2.24. The van der Waals surface area contributed by atoms with E-state index in [0.29, 0.717) is 4.47 Å².